The van der Waals surface area contributed by atoms with Crippen LogP contribution in [0.2, 0.25) is 0 Å². The van der Waals surface area contributed by atoms with Crippen molar-refractivity contribution in [3.8, 4) is 11.4 Å². The van der Waals surface area contributed by atoms with Crippen molar-refractivity contribution in [2.24, 2.45) is 11.8 Å². The van der Waals surface area contributed by atoms with Gasteiger partial charge >= 0.3 is 12.2 Å². The second-order valence-corrected chi connectivity index (χ2v) is 17.9. The van der Waals surface area contributed by atoms with Crippen molar-refractivity contribution in [1.29, 1.82) is 0 Å². The van der Waals surface area contributed by atoms with E-state index in [2.05, 4.69) is 19.8 Å². The average Bonchev–Trinajstić information content (AvgIpc) is 3.93. The molecule has 312 valence electrons. The lowest BCUT2D eigenvalue weighted by Gasteiger charge is -2.32. The lowest BCUT2D eigenvalue weighted by atomic mass is 9.94. The number of aromatic nitrogens is 2. The summed E-state index contributed by atoms with van der Waals surface area (Å²) in [4.78, 5) is 56.6. The van der Waals surface area contributed by atoms with Crippen molar-refractivity contribution < 1.29 is 37.8 Å². The van der Waals surface area contributed by atoms with Crippen molar-refractivity contribution in [2.75, 3.05) is 13.1 Å². The Morgan fingerprint density at radius 3 is 1.55 bits per heavy atom. The number of hydrogen-bond donors (Lipinski definition) is 3. The molecule has 58 heavy (non-hydrogen) atoms. The predicted octanol–water partition coefficient (Wildman–Crippen LogP) is 7.46. The molecule has 3 aliphatic heterocycles. The van der Waals surface area contributed by atoms with Crippen LogP contribution >= 0.6 is 0 Å². The highest BCUT2D eigenvalue weighted by Gasteiger charge is 2.40. The van der Waals surface area contributed by atoms with Gasteiger partial charge in [0.25, 0.3) is 0 Å². The number of halogens is 2. The Balaban J connectivity index is 1.31. The molecule has 14 heteroatoms. The summed E-state index contributed by atoms with van der Waals surface area (Å²) in [5.41, 5.74) is 4.39. The van der Waals surface area contributed by atoms with Gasteiger partial charge < -0.3 is 39.4 Å². The third-order valence-electron chi connectivity index (χ3n) is 12.1. The summed E-state index contributed by atoms with van der Waals surface area (Å²) in [6.45, 7) is 14.8. The molecule has 0 bridgehead atoms. The van der Waals surface area contributed by atoms with Gasteiger partial charge in [0.1, 0.15) is 29.3 Å². The minimum absolute atomic E-state index is 0.180. The molecule has 3 N–H and O–H groups in total. The number of carbonyl (C=O) groups excluding carboxylic acids is 3. The van der Waals surface area contributed by atoms with Crippen LogP contribution in [0.1, 0.15) is 85.3 Å². The lowest BCUT2D eigenvalue weighted by Crippen LogP contribution is -2.53. The molecule has 2 aromatic heterocycles. The Kier molecular flexibility index (Phi) is 11.2. The molecular weight excluding hydrogens is 747 g/mol. The van der Waals surface area contributed by atoms with Crippen LogP contribution in [0.3, 0.4) is 0 Å². The Morgan fingerprint density at radius 1 is 0.724 bits per heavy atom. The first-order chi connectivity index (χ1) is 27.4. The van der Waals surface area contributed by atoms with Crippen LogP contribution in [-0.2, 0) is 40.3 Å². The summed E-state index contributed by atoms with van der Waals surface area (Å²) in [6.07, 6.45) is 1.99. The number of hydrogen-bond acceptors (Lipinski definition) is 5. The van der Waals surface area contributed by atoms with E-state index in [-0.39, 0.29) is 47.4 Å². The second-order valence-electron chi connectivity index (χ2n) is 17.9. The normalized spacial score (nSPS) is 19.2. The highest BCUT2D eigenvalue weighted by Crippen LogP contribution is 2.45. The third kappa shape index (κ3) is 7.86. The van der Waals surface area contributed by atoms with E-state index in [0.29, 0.717) is 45.4 Å². The number of aryl methyl sites for hydroxylation is 2. The molecular formula is C44H56F2N6O6. The molecule has 0 saturated carbocycles. The number of carbonyl (C=O) groups is 4. The topological polar surface area (TPSA) is 138 Å². The number of ether oxygens (including phenoxy) is 1. The van der Waals surface area contributed by atoms with Crippen LogP contribution in [0, 0.1) is 23.5 Å². The minimum atomic E-state index is -1.25. The van der Waals surface area contributed by atoms with E-state index < -0.39 is 29.9 Å². The van der Waals surface area contributed by atoms with Crippen LogP contribution in [0.4, 0.5) is 18.4 Å². The molecule has 0 radical (unpaired) electrons. The quantitative estimate of drug-likeness (QED) is 0.152. The van der Waals surface area contributed by atoms with E-state index >= 15 is 8.78 Å². The molecule has 0 aliphatic carbocycles. The Morgan fingerprint density at radius 2 is 1.16 bits per heavy atom. The smallest absolute Gasteiger partial charge is 0.408 e. The van der Waals surface area contributed by atoms with Crippen molar-refractivity contribution in [3.63, 3.8) is 0 Å². The standard InChI is InChI=1S/C44H56F2N6O6/c1-24(2)36(47-42(55)56)40(53)49-16-8-10-28(49)22-32-30-14-12-26(45)20-34(30)51-18-19-52-35-21-27(46)13-15-31(35)33(39(52)38(32)51)23-29-11-9-17-50(29)41(54)37(25(3)4)48-43(57)58-44(5,6)7/h12-15,20-21,24-25,28-29,36-37,47H,8-11,16-19,22-23H2,1-7H3,(H,48,57)(H,55,56)/t28-,29-,36-,37-/m0/s1. The Labute approximate surface area is 337 Å². The van der Waals surface area contributed by atoms with Crippen molar-refractivity contribution >= 4 is 45.8 Å². The van der Waals surface area contributed by atoms with Gasteiger partial charge in [-0.1, -0.05) is 27.7 Å². The summed E-state index contributed by atoms with van der Waals surface area (Å²) < 4.78 is 40.0. The van der Waals surface area contributed by atoms with E-state index in [4.69, 9.17) is 4.74 Å². The highest BCUT2D eigenvalue weighted by atomic mass is 19.1. The van der Waals surface area contributed by atoms with Crippen LogP contribution in [0.5, 0.6) is 0 Å². The number of benzene rings is 2. The van der Waals surface area contributed by atoms with Crippen molar-refractivity contribution in [3.05, 3.63) is 59.2 Å². The lowest BCUT2D eigenvalue weighted by molar-refractivity contribution is -0.136. The number of carboxylic acid groups (broad SMARTS) is 1. The number of nitrogens with one attached hydrogen (secondary N) is 2. The van der Waals surface area contributed by atoms with E-state index in [1.807, 2.05) is 32.6 Å². The van der Waals surface area contributed by atoms with Crippen molar-refractivity contribution in [1.82, 2.24) is 29.6 Å². The number of fused-ring (bicyclic) bond motifs is 7. The first-order valence-electron chi connectivity index (χ1n) is 20.6. The summed E-state index contributed by atoms with van der Waals surface area (Å²) in [7, 11) is 0. The molecule has 0 unspecified atom stereocenters. The maximum absolute atomic E-state index is 15.1. The molecule has 2 aromatic carbocycles. The molecule has 4 amide bonds. The van der Waals surface area contributed by atoms with Gasteiger partial charge in [-0.05, 0) is 119 Å². The fraction of sp³-hybridized carbons (Fsp3) is 0.545. The van der Waals surface area contributed by atoms with Crippen molar-refractivity contribution in [2.45, 2.75) is 130 Å². The van der Waals surface area contributed by atoms with Gasteiger partial charge in [0.2, 0.25) is 11.8 Å². The SMILES string of the molecule is CC(C)[C@H](NC(=O)O)C(=O)N1CCC[C@H]1Cc1c2n(c3cc(F)ccc13)CCn1c-2c(C[C@@H]2CCCN2C(=O)[C@@H](NC(=O)OC(C)(C)C)C(C)C)c2ccc(F)cc21. The van der Waals surface area contributed by atoms with E-state index in [9.17, 15) is 24.3 Å². The summed E-state index contributed by atoms with van der Waals surface area (Å²) in [5, 5.41) is 16.5. The monoisotopic (exact) mass is 802 g/mol. The molecule has 7 rings (SSSR count). The summed E-state index contributed by atoms with van der Waals surface area (Å²) in [6, 6.07) is 7.45. The maximum Gasteiger partial charge on any atom is 0.408 e. The first kappa shape index (κ1) is 41.0. The summed E-state index contributed by atoms with van der Waals surface area (Å²) >= 11 is 0. The zero-order valence-electron chi connectivity index (χ0n) is 34.5. The van der Waals surface area contributed by atoms with Gasteiger partial charge in [0, 0.05) is 49.0 Å². The van der Waals surface area contributed by atoms with Crippen LogP contribution in [0.25, 0.3) is 33.2 Å². The summed E-state index contributed by atoms with van der Waals surface area (Å²) in [5.74, 6) is -1.65. The first-order valence-corrected chi connectivity index (χ1v) is 20.6. The molecule has 2 fully saturated rings. The second kappa shape index (κ2) is 15.9. The molecule has 5 heterocycles. The zero-order valence-corrected chi connectivity index (χ0v) is 34.5. The molecule has 2 saturated heterocycles. The molecule has 4 atom stereocenters. The van der Waals surface area contributed by atoms with Gasteiger partial charge in [-0.15, -0.1) is 0 Å². The Hall–Kier alpha value is -5.14. The fourth-order valence-corrected chi connectivity index (χ4v) is 9.51. The van der Waals surface area contributed by atoms with E-state index in [0.717, 1.165) is 63.6 Å². The van der Waals surface area contributed by atoms with Gasteiger partial charge in [-0.25, -0.2) is 18.4 Å². The number of amides is 4. The number of likely N-dealkylation sites (tertiary alicyclic amines) is 2. The molecule has 3 aliphatic rings. The number of alkyl carbamates (subject to hydrolysis) is 1. The molecule has 0 spiro atoms. The molecule has 4 aromatic rings. The van der Waals surface area contributed by atoms with Gasteiger partial charge in [-0.2, -0.15) is 0 Å². The average molecular weight is 803 g/mol. The fourth-order valence-electron chi connectivity index (χ4n) is 9.51. The van der Waals surface area contributed by atoms with Crippen LogP contribution < -0.4 is 10.6 Å². The zero-order chi connectivity index (χ0) is 41.8. The van der Waals surface area contributed by atoms with Gasteiger partial charge in [0.15, 0.2) is 0 Å². The third-order valence-corrected chi connectivity index (χ3v) is 12.1. The number of nitrogens with zero attached hydrogens (tertiary/aromatic N) is 4. The van der Waals surface area contributed by atoms with E-state index in [1.165, 1.54) is 12.1 Å². The number of rotatable bonds is 10. The van der Waals surface area contributed by atoms with E-state index in [1.54, 1.807) is 49.9 Å². The maximum atomic E-state index is 15.1. The Bertz CT molecular complexity index is 2260. The largest absolute Gasteiger partial charge is 0.465 e. The highest BCUT2D eigenvalue weighted by molar-refractivity contribution is 5.98. The van der Waals surface area contributed by atoms with Gasteiger partial charge in [0.05, 0.1) is 22.4 Å². The molecule has 12 nitrogen and oxygen atoms in total. The van der Waals surface area contributed by atoms with Crippen LogP contribution in [0.15, 0.2) is 36.4 Å². The minimum Gasteiger partial charge on any atom is -0.465 e. The predicted molar refractivity (Wildman–Crippen MR) is 217 cm³/mol. The van der Waals surface area contributed by atoms with Gasteiger partial charge in [-0.3, -0.25) is 9.59 Å². The van der Waals surface area contributed by atoms with Crippen LogP contribution in [-0.4, -0.2) is 90.9 Å².